The number of anilines is 1. The highest BCUT2D eigenvalue weighted by Gasteiger charge is 2.26. The van der Waals surface area contributed by atoms with Crippen molar-refractivity contribution in [1.82, 2.24) is 19.5 Å². The molecule has 29 heavy (non-hydrogen) atoms. The molecule has 0 radical (unpaired) electrons. The van der Waals surface area contributed by atoms with Crippen molar-refractivity contribution in [2.24, 2.45) is 0 Å². The Kier molecular flexibility index (Phi) is 4.77. The molecular formula is C20H19N5O3S. The fraction of sp³-hybridized carbons (Fsp3) is 0.150. The van der Waals surface area contributed by atoms with Gasteiger partial charge in [0, 0.05) is 29.7 Å². The van der Waals surface area contributed by atoms with Crippen molar-refractivity contribution in [3.8, 4) is 0 Å². The SMILES string of the molecule is Cc1cc(S(=O)(=O)N(C)CC(=O)Nc2ccc3cccnc3c2)c2[nH]ncc2c1. The molecule has 2 heterocycles. The van der Waals surface area contributed by atoms with E-state index in [4.69, 9.17) is 0 Å². The van der Waals surface area contributed by atoms with E-state index in [0.717, 1.165) is 20.8 Å². The third kappa shape index (κ3) is 3.69. The van der Waals surface area contributed by atoms with Crippen LogP contribution in [0, 0.1) is 6.92 Å². The highest BCUT2D eigenvalue weighted by atomic mass is 32.2. The number of sulfonamides is 1. The zero-order valence-corrected chi connectivity index (χ0v) is 16.7. The first-order valence-electron chi connectivity index (χ1n) is 8.89. The largest absolute Gasteiger partial charge is 0.325 e. The molecule has 0 aliphatic heterocycles. The van der Waals surface area contributed by atoms with Crippen LogP contribution in [-0.2, 0) is 14.8 Å². The molecule has 1 amide bonds. The summed E-state index contributed by atoms with van der Waals surface area (Å²) in [6, 6.07) is 12.5. The molecule has 2 N–H and O–H groups in total. The van der Waals surface area contributed by atoms with Gasteiger partial charge in [-0.2, -0.15) is 9.40 Å². The molecule has 2 aromatic heterocycles. The van der Waals surface area contributed by atoms with Gasteiger partial charge in [0.2, 0.25) is 15.9 Å². The molecule has 0 spiro atoms. The summed E-state index contributed by atoms with van der Waals surface area (Å²) in [7, 11) is -2.51. The van der Waals surface area contributed by atoms with E-state index < -0.39 is 15.9 Å². The van der Waals surface area contributed by atoms with Crippen molar-refractivity contribution in [2.75, 3.05) is 18.9 Å². The normalized spacial score (nSPS) is 12.0. The van der Waals surface area contributed by atoms with Crippen molar-refractivity contribution in [3.05, 3.63) is 60.4 Å². The minimum atomic E-state index is -3.89. The van der Waals surface area contributed by atoms with Crippen LogP contribution in [0.3, 0.4) is 0 Å². The van der Waals surface area contributed by atoms with Crippen molar-refractivity contribution < 1.29 is 13.2 Å². The third-order valence-corrected chi connectivity index (χ3v) is 6.43. The number of rotatable bonds is 5. The predicted molar refractivity (Wildman–Crippen MR) is 111 cm³/mol. The summed E-state index contributed by atoms with van der Waals surface area (Å²) in [6.07, 6.45) is 3.24. The molecule has 0 saturated heterocycles. The van der Waals surface area contributed by atoms with Crippen LogP contribution < -0.4 is 5.32 Å². The highest BCUT2D eigenvalue weighted by molar-refractivity contribution is 7.89. The summed E-state index contributed by atoms with van der Waals surface area (Å²) in [5.41, 5.74) is 2.51. The van der Waals surface area contributed by atoms with E-state index in [1.165, 1.54) is 7.05 Å². The Morgan fingerprint density at radius 1 is 1.17 bits per heavy atom. The van der Waals surface area contributed by atoms with Gasteiger partial charge in [0.25, 0.3) is 0 Å². The number of amides is 1. The molecule has 0 fully saturated rings. The van der Waals surface area contributed by atoms with Gasteiger partial charge in [0.15, 0.2) is 0 Å². The standard InChI is InChI=1S/C20H19N5O3S/c1-13-8-15-11-22-24-20(15)18(9-13)29(27,28)25(2)12-19(26)23-16-6-5-14-4-3-7-21-17(14)10-16/h3-11H,12H2,1-2H3,(H,22,24)(H,23,26). The molecule has 2 aromatic carbocycles. The number of aromatic nitrogens is 3. The van der Waals surface area contributed by atoms with Crippen LogP contribution >= 0.6 is 0 Å². The average molecular weight is 409 g/mol. The van der Waals surface area contributed by atoms with Gasteiger partial charge < -0.3 is 5.32 Å². The van der Waals surface area contributed by atoms with E-state index in [9.17, 15) is 13.2 Å². The lowest BCUT2D eigenvalue weighted by Gasteiger charge is -2.18. The molecule has 4 rings (SSSR count). The second-order valence-electron chi connectivity index (χ2n) is 6.82. The first-order valence-corrected chi connectivity index (χ1v) is 10.3. The van der Waals surface area contributed by atoms with Crippen molar-refractivity contribution in [2.45, 2.75) is 11.8 Å². The van der Waals surface area contributed by atoms with Gasteiger partial charge in [0.05, 0.1) is 23.8 Å². The van der Waals surface area contributed by atoms with Crippen LogP contribution in [0.25, 0.3) is 21.8 Å². The number of aromatic amines is 1. The molecule has 9 heteroatoms. The Morgan fingerprint density at radius 3 is 2.83 bits per heavy atom. The van der Waals surface area contributed by atoms with Gasteiger partial charge in [-0.1, -0.05) is 12.1 Å². The zero-order valence-electron chi connectivity index (χ0n) is 15.9. The van der Waals surface area contributed by atoms with Crippen LogP contribution in [0.1, 0.15) is 5.56 Å². The predicted octanol–water partition coefficient (Wildman–Crippen LogP) is 2.68. The van der Waals surface area contributed by atoms with E-state index in [1.807, 2.05) is 31.2 Å². The van der Waals surface area contributed by atoms with Gasteiger partial charge in [-0.25, -0.2) is 8.42 Å². The first kappa shape index (κ1) is 19.0. The molecule has 0 bridgehead atoms. The minimum absolute atomic E-state index is 0.0928. The van der Waals surface area contributed by atoms with Crippen LogP contribution in [-0.4, -0.2) is 47.4 Å². The molecule has 0 unspecified atom stereocenters. The topological polar surface area (TPSA) is 108 Å². The summed E-state index contributed by atoms with van der Waals surface area (Å²) >= 11 is 0. The van der Waals surface area contributed by atoms with Gasteiger partial charge in [-0.15, -0.1) is 0 Å². The van der Waals surface area contributed by atoms with E-state index in [0.29, 0.717) is 16.6 Å². The minimum Gasteiger partial charge on any atom is -0.325 e. The van der Waals surface area contributed by atoms with Crippen molar-refractivity contribution in [1.29, 1.82) is 0 Å². The maximum atomic E-state index is 13.0. The second kappa shape index (κ2) is 7.26. The molecule has 0 aliphatic carbocycles. The van der Waals surface area contributed by atoms with Crippen molar-refractivity contribution >= 4 is 43.4 Å². The molecule has 0 saturated carbocycles. The number of hydrogen-bond acceptors (Lipinski definition) is 5. The fourth-order valence-electron chi connectivity index (χ4n) is 3.17. The molecule has 8 nitrogen and oxygen atoms in total. The molecule has 0 atom stereocenters. The van der Waals surface area contributed by atoms with Crippen LogP contribution in [0.15, 0.2) is 59.8 Å². The number of carbonyl (C=O) groups excluding carboxylic acids is 1. The Balaban J connectivity index is 1.54. The van der Waals surface area contributed by atoms with Crippen LogP contribution in [0.2, 0.25) is 0 Å². The number of hydrogen-bond donors (Lipinski definition) is 2. The van der Waals surface area contributed by atoms with Crippen LogP contribution in [0.4, 0.5) is 5.69 Å². The van der Waals surface area contributed by atoms with Gasteiger partial charge >= 0.3 is 0 Å². The smallest absolute Gasteiger partial charge is 0.245 e. The number of likely N-dealkylation sites (N-methyl/N-ethyl adjacent to an activating group) is 1. The molecule has 0 aliphatic rings. The summed E-state index contributed by atoms with van der Waals surface area (Å²) in [5.74, 6) is -0.445. The Labute approximate surface area is 167 Å². The number of fused-ring (bicyclic) bond motifs is 2. The lowest BCUT2D eigenvalue weighted by atomic mass is 10.2. The maximum absolute atomic E-state index is 13.0. The first-order chi connectivity index (χ1) is 13.8. The molecular weight excluding hydrogens is 390 g/mol. The van der Waals surface area contributed by atoms with Gasteiger partial charge in [0.1, 0.15) is 4.90 Å². The van der Waals surface area contributed by atoms with E-state index in [2.05, 4.69) is 20.5 Å². The third-order valence-electron chi connectivity index (χ3n) is 4.60. The summed E-state index contributed by atoms with van der Waals surface area (Å²) in [4.78, 5) is 16.8. The number of H-pyrrole nitrogens is 1. The highest BCUT2D eigenvalue weighted by Crippen LogP contribution is 2.25. The number of pyridine rings is 1. The fourth-order valence-corrected chi connectivity index (χ4v) is 4.55. The number of nitrogens with one attached hydrogen (secondary N) is 2. The number of nitrogens with zero attached hydrogens (tertiary/aromatic N) is 3. The lowest BCUT2D eigenvalue weighted by Crippen LogP contribution is -2.35. The lowest BCUT2D eigenvalue weighted by molar-refractivity contribution is -0.116. The average Bonchev–Trinajstić information content (AvgIpc) is 3.15. The number of aryl methyl sites for hydroxylation is 1. The van der Waals surface area contributed by atoms with Gasteiger partial charge in [-0.3, -0.25) is 14.9 Å². The van der Waals surface area contributed by atoms with E-state index in [1.54, 1.807) is 30.6 Å². The number of carbonyl (C=O) groups is 1. The maximum Gasteiger partial charge on any atom is 0.245 e. The van der Waals surface area contributed by atoms with Crippen molar-refractivity contribution in [3.63, 3.8) is 0 Å². The summed E-state index contributed by atoms with van der Waals surface area (Å²) in [6.45, 7) is 1.48. The molecule has 4 aromatic rings. The van der Waals surface area contributed by atoms with E-state index >= 15 is 0 Å². The monoisotopic (exact) mass is 409 g/mol. The molecule has 148 valence electrons. The summed E-state index contributed by atoms with van der Waals surface area (Å²) in [5, 5.41) is 11.0. The van der Waals surface area contributed by atoms with Crippen LogP contribution in [0.5, 0.6) is 0 Å². The summed E-state index contributed by atoms with van der Waals surface area (Å²) < 4.78 is 27.1. The van der Waals surface area contributed by atoms with Gasteiger partial charge in [-0.05, 0) is 42.8 Å². The zero-order chi connectivity index (χ0) is 20.6. The second-order valence-corrected chi connectivity index (χ2v) is 8.83. The quantitative estimate of drug-likeness (QED) is 0.527. The van der Waals surface area contributed by atoms with E-state index in [-0.39, 0.29) is 11.4 Å². The Bertz CT molecular complexity index is 1330. The Hall–Kier alpha value is -3.30. The number of benzene rings is 2. The Morgan fingerprint density at radius 2 is 2.00 bits per heavy atom.